The largest absolute Gasteiger partial charge is 0.341 e. The van der Waals surface area contributed by atoms with Crippen LogP contribution in [0.2, 0.25) is 0 Å². The number of nitrogens with zero attached hydrogens (tertiary/aromatic N) is 2. The van der Waals surface area contributed by atoms with Gasteiger partial charge in [-0.25, -0.2) is 0 Å². The standard InChI is InChI=1S/C23H25N3O3/c1-18(24-21(27)13-12-19-8-4-2-5-9-19)22(28)25-14-16-26(17-15-25)23(29)20-10-6-3-7-11-20/h2-13,18H,14-17H2,1H3,(H,24,27)/b13-12+. The quantitative estimate of drug-likeness (QED) is 0.795. The minimum absolute atomic E-state index is 0.0231. The summed E-state index contributed by atoms with van der Waals surface area (Å²) in [5, 5.41) is 2.71. The molecule has 1 aliphatic heterocycles. The van der Waals surface area contributed by atoms with E-state index in [-0.39, 0.29) is 17.7 Å². The fourth-order valence-corrected chi connectivity index (χ4v) is 3.23. The van der Waals surface area contributed by atoms with Crippen LogP contribution in [0.3, 0.4) is 0 Å². The number of piperazine rings is 1. The van der Waals surface area contributed by atoms with Crippen LogP contribution >= 0.6 is 0 Å². The number of nitrogens with one attached hydrogen (secondary N) is 1. The van der Waals surface area contributed by atoms with Gasteiger partial charge < -0.3 is 15.1 Å². The van der Waals surface area contributed by atoms with E-state index in [1.54, 1.807) is 34.9 Å². The van der Waals surface area contributed by atoms with Crippen molar-refractivity contribution in [2.45, 2.75) is 13.0 Å². The molecule has 3 rings (SSSR count). The van der Waals surface area contributed by atoms with Crippen molar-refractivity contribution in [1.82, 2.24) is 15.1 Å². The van der Waals surface area contributed by atoms with Gasteiger partial charge in [-0.2, -0.15) is 0 Å². The van der Waals surface area contributed by atoms with Gasteiger partial charge in [-0.05, 0) is 30.7 Å². The van der Waals surface area contributed by atoms with Crippen LogP contribution in [0.15, 0.2) is 66.7 Å². The zero-order valence-corrected chi connectivity index (χ0v) is 16.5. The summed E-state index contributed by atoms with van der Waals surface area (Å²) in [4.78, 5) is 40.7. The van der Waals surface area contributed by atoms with E-state index >= 15 is 0 Å². The molecule has 1 fully saturated rings. The number of carbonyl (C=O) groups excluding carboxylic acids is 3. The summed E-state index contributed by atoms with van der Waals surface area (Å²) in [6.07, 6.45) is 3.13. The smallest absolute Gasteiger partial charge is 0.253 e. The molecule has 6 nitrogen and oxygen atoms in total. The lowest BCUT2D eigenvalue weighted by molar-refractivity contribution is -0.136. The van der Waals surface area contributed by atoms with Crippen molar-refractivity contribution >= 4 is 23.8 Å². The van der Waals surface area contributed by atoms with Gasteiger partial charge >= 0.3 is 0 Å². The Morgan fingerprint density at radius 1 is 0.862 bits per heavy atom. The van der Waals surface area contributed by atoms with Crippen molar-refractivity contribution in [2.75, 3.05) is 26.2 Å². The van der Waals surface area contributed by atoms with Crippen LogP contribution in [-0.4, -0.2) is 59.7 Å². The van der Waals surface area contributed by atoms with E-state index in [1.807, 2.05) is 48.5 Å². The monoisotopic (exact) mass is 391 g/mol. The highest BCUT2D eigenvalue weighted by molar-refractivity contribution is 5.96. The van der Waals surface area contributed by atoms with Gasteiger partial charge in [0, 0.05) is 37.8 Å². The third-order valence-electron chi connectivity index (χ3n) is 4.86. The molecular formula is C23H25N3O3. The fourth-order valence-electron chi connectivity index (χ4n) is 3.23. The van der Waals surface area contributed by atoms with Crippen molar-refractivity contribution in [3.8, 4) is 0 Å². The minimum Gasteiger partial charge on any atom is -0.341 e. The van der Waals surface area contributed by atoms with Gasteiger partial charge in [-0.1, -0.05) is 48.5 Å². The highest BCUT2D eigenvalue weighted by Gasteiger charge is 2.27. The van der Waals surface area contributed by atoms with Crippen LogP contribution < -0.4 is 5.32 Å². The molecule has 1 atom stereocenters. The Balaban J connectivity index is 1.48. The summed E-state index contributed by atoms with van der Waals surface area (Å²) in [5.74, 6) is -0.476. The average molecular weight is 391 g/mol. The SMILES string of the molecule is CC(NC(=O)/C=C/c1ccccc1)C(=O)N1CCN(C(=O)c2ccccc2)CC1. The van der Waals surface area contributed by atoms with Crippen molar-refractivity contribution in [3.05, 3.63) is 77.9 Å². The Morgan fingerprint density at radius 2 is 1.41 bits per heavy atom. The molecule has 1 N–H and O–H groups in total. The molecular weight excluding hydrogens is 366 g/mol. The number of amides is 3. The van der Waals surface area contributed by atoms with Gasteiger partial charge in [-0.15, -0.1) is 0 Å². The van der Waals surface area contributed by atoms with E-state index in [2.05, 4.69) is 5.32 Å². The molecule has 0 bridgehead atoms. The molecule has 29 heavy (non-hydrogen) atoms. The Bertz CT molecular complexity index is 873. The molecule has 2 aromatic carbocycles. The zero-order chi connectivity index (χ0) is 20.6. The summed E-state index contributed by atoms with van der Waals surface area (Å²) < 4.78 is 0. The second-order valence-electron chi connectivity index (χ2n) is 6.96. The van der Waals surface area contributed by atoms with E-state index in [0.717, 1.165) is 5.56 Å². The maximum atomic E-state index is 12.6. The van der Waals surface area contributed by atoms with Gasteiger partial charge in [0.25, 0.3) is 5.91 Å². The molecule has 1 heterocycles. The van der Waals surface area contributed by atoms with Gasteiger partial charge in [0.15, 0.2) is 0 Å². The van der Waals surface area contributed by atoms with Gasteiger partial charge in [0.05, 0.1) is 0 Å². The van der Waals surface area contributed by atoms with Gasteiger partial charge in [0.1, 0.15) is 6.04 Å². The van der Waals surface area contributed by atoms with E-state index in [4.69, 9.17) is 0 Å². The number of carbonyl (C=O) groups is 3. The normalized spacial score (nSPS) is 15.2. The first-order valence-corrected chi connectivity index (χ1v) is 9.71. The summed E-state index contributed by atoms with van der Waals surface area (Å²) >= 11 is 0. The predicted molar refractivity (Wildman–Crippen MR) is 112 cm³/mol. The van der Waals surface area contributed by atoms with E-state index in [0.29, 0.717) is 31.7 Å². The molecule has 0 saturated carbocycles. The molecule has 0 aromatic heterocycles. The van der Waals surface area contributed by atoms with Crippen molar-refractivity contribution in [3.63, 3.8) is 0 Å². The lowest BCUT2D eigenvalue weighted by atomic mass is 10.1. The second-order valence-corrected chi connectivity index (χ2v) is 6.96. The number of benzene rings is 2. The molecule has 3 amide bonds. The maximum Gasteiger partial charge on any atom is 0.253 e. The van der Waals surface area contributed by atoms with Crippen LogP contribution in [0.5, 0.6) is 0 Å². The molecule has 6 heteroatoms. The lowest BCUT2D eigenvalue weighted by Gasteiger charge is -2.36. The Hall–Kier alpha value is -3.41. The predicted octanol–water partition coefficient (Wildman–Crippen LogP) is 2.19. The molecule has 1 aliphatic rings. The third kappa shape index (κ3) is 5.54. The Labute approximate surface area is 170 Å². The minimum atomic E-state index is -0.626. The summed E-state index contributed by atoms with van der Waals surface area (Å²) in [6, 6.07) is 18.0. The van der Waals surface area contributed by atoms with Crippen LogP contribution in [0.4, 0.5) is 0 Å². The molecule has 150 valence electrons. The van der Waals surface area contributed by atoms with Crippen molar-refractivity contribution in [1.29, 1.82) is 0 Å². The number of hydrogen-bond donors (Lipinski definition) is 1. The molecule has 1 unspecified atom stereocenters. The molecule has 0 radical (unpaired) electrons. The summed E-state index contributed by atoms with van der Waals surface area (Å²) in [7, 11) is 0. The van der Waals surface area contributed by atoms with E-state index in [9.17, 15) is 14.4 Å². The Kier molecular flexibility index (Phi) is 6.79. The third-order valence-corrected chi connectivity index (χ3v) is 4.86. The van der Waals surface area contributed by atoms with Crippen molar-refractivity contribution in [2.24, 2.45) is 0 Å². The fraction of sp³-hybridized carbons (Fsp3) is 0.261. The number of rotatable bonds is 5. The maximum absolute atomic E-state index is 12.6. The average Bonchev–Trinajstić information content (AvgIpc) is 2.78. The first kappa shape index (κ1) is 20.3. The molecule has 0 spiro atoms. The molecule has 1 saturated heterocycles. The summed E-state index contributed by atoms with van der Waals surface area (Å²) in [6.45, 7) is 3.55. The molecule has 0 aliphatic carbocycles. The molecule has 2 aromatic rings. The first-order chi connectivity index (χ1) is 14.0. The van der Waals surface area contributed by atoms with E-state index in [1.165, 1.54) is 6.08 Å². The summed E-state index contributed by atoms with van der Waals surface area (Å²) in [5.41, 5.74) is 1.57. The first-order valence-electron chi connectivity index (χ1n) is 9.71. The highest BCUT2D eigenvalue weighted by atomic mass is 16.2. The van der Waals surface area contributed by atoms with Crippen LogP contribution in [0.25, 0.3) is 6.08 Å². The lowest BCUT2D eigenvalue weighted by Crippen LogP contribution is -2.55. The van der Waals surface area contributed by atoms with Crippen LogP contribution in [0, 0.1) is 0 Å². The zero-order valence-electron chi connectivity index (χ0n) is 16.5. The highest BCUT2D eigenvalue weighted by Crippen LogP contribution is 2.10. The second kappa shape index (κ2) is 9.68. The number of hydrogen-bond acceptors (Lipinski definition) is 3. The van der Waals surface area contributed by atoms with Crippen LogP contribution in [0.1, 0.15) is 22.8 Å². The van der Waals surface area contributed by atoms with Crippen molar-refractivity contribution < 1.29 is 14.4 Å². The van der Waals surface area contributed by atoms with Gasteiger partial charge in [0.2, 0.25) is 11.8 Å². The Morgan fingerprint density at radius 3 is 2.03 bits per heavy atom. The topological polar surface area (TPSA) is 69.7 Å². The van der Waals surface area contributed by atoms with E-state index < -0.39 is 6.04 Å². The van der Waals surface area contributed by atoms with Gasteiger partial charge in [-0.3, -0.25) is 14.4 Å². The van der Waals surface area contributed by atoms with Crippen LogP contribution in [-0.2, 0) is 9.59 Å².